The fraction of sp³-hybridized carbons (Fsp3) is 0.417. The van der Waals surface area contributed by atoms with Crippen LogP contribution in [0.25, 0.3) is 0 Å². The fourth-order valence-corrected chi connectivity index (χ4v) is 1.05. The zero-order valence-electron chi connectivity index (χ0n) is 9.80. The van der Waals surface area contributed by atoms with E-state index in [9.17, 15) is 10.0 Å². The molecule has 0 aromatic heterocycles. The summed E-state index contributed by atoms with van der Waals surface area (Å²) in [6, 6.07) is 9.32. The van der Waals surface area contributed by atoms with Gasteiger partial charge >= 0.3 is 6.09 Å². The maximum Gasteiger partial charge on any atom is 0.434 e. The lowest BCUT2D eigenvalue weighted by atomic mass is 10.1. The highest BCUT2D eigenvalue weighted by Gasteiger charge is 2.26. The highest BCUT2D eigenvalue weighted by molar-refractivity contribution is 5.66. The average Bonchev–Trinajstić information content (AvgIpc) is 2.25. The largest absolute Gasteiger partial charge is 0.443 e. The summed E-state index contributed by atoms with van der Waals surface area (Å²) in [7, 11) is 0. The average molecular weight is 223 g/mol. The third-order valence-corrected chi connectivity index (χ3v) is 2.01. The van der Waals surface area contributed by atoms with Crippen molar-refractivity contribution in [3.63, 3.8) is 0 Å². The normalized spacial score (nSPS) is 11.0. The first kappa shape index (κ1) is 12.5. The van der Waals surface area contributed by atoms with Gasteiger partial charge in [-0.3, -0.25) is 5.21 Å². The molecule has 0 unspecified atom stereocenters. The van der Waals surface area contributed by atoms with Gasteiger partial charge in [-0.25, -0.2) is 4.79 Å². The highest BCUT2D eigenvalue weighted by atomic mass is 16.6. The van der Waals surface area contributed by atoms with Crippen LogP contribution in [0.1, 0.15) is 26.3 Å². The second-order valence-corrected chi connectivity index (χ2v) is 4.52. The van der Waals surface area contributed by atoms with Crippen molar-refractivity contribution in [1.29, 1.82) is 0 Å². The van der Waals surface area contributed by atoms with Crippen molar-refractivity contribution in [2.75, 3.05) is 0 Å². The molecule has 0 atom stereocenters. The Balaban J connectivity index is 2.48. The Labute approximate surface area is 95.4 Å². The van der Waals surface area contributed by atoms with E-state index < -0.39 is 11.6 Å². The van der Waals surface area contributed by atoms with Crippen LogP contribution < -0.4 is 0 Å². The van der Waals surface area contributed by atoms with Gasteiger partial charge in [0.2, 0.25) is 0 Å². The number of amides is 1. The van der Waals surface area contributed by atoms with Crippen LogP contribution in [0.5, 0.6) is 0 Å². The van der Waals surface area contributed by atoms with Crippen molar-refractivity contribution in [3.05, 3.63) is 35.9 Å². The number of ether oxygens (including phenoxy) is 1. The summed E-state index contributed by atoms with van der Waals surface area (Å²) in [5.41, 5.74) is 0.228. The van der Waals surface area contributed by atoms with E-state index in [2.05, 4.69) is 0 Å². The van der Waals surface area contributed by atoms with Gasteiger partial charge in [0.05, 0.1) is 5.54 Å². The summed E-state index contributed by atoms with van der Waals surface area (Å²) in [6.07, 6.45) is -0.739. The maximum atomic E-state index is 11.4. The van der Waals surface area contributed by atoms with Gasteiger partial charge < -0.3 is 4.74 Å². The zero-order chi connectivity index (χ0) is 12.2. The van der Waals surface area contributed by atoms with E-state index in [1.807, 2.05) is 30.3 Å². The van der Waals surface area contributed by atoms with Gasteiger partial charge in [0.1, 0.15) is 6.61 Å². The molecule has 1 aromatic rings. The van der Waals surface area contributed by atoms with E-state index in [-0.39, 0.29) is 6.61 Å². The van der Waals surface area contributed by atoms with Crippen LogP contribution in [0.15, 0.2) is 30.3 Å². The molecule has 1 amide bonds. The molecule has 0 saturated carbocycles. The molecule has 1 aromatic carbocycles. The second-order valence-electron chi connectivity index (χ2n) is 4.52. The molecule has 1 rings (SSSR count). The minimum Gasteiger partial charge on any atom is -0.443 e. The van der Waals surface area contributed by atoms with E-state index in [0.29, 0.717) is 5.06 Å². The maximum absolute atomic E-state index is 11.4. The number of hydrogen-bond donors (Lipinski definition) is 1. The van der Waals surface area contributed by atoms with Crippen molar-refractivity contribution in [2.45, 2.75) is 32.9 Å². The summed E-state index contributed by atoms with van der Waals surface area (Å²) in [4.78, 5) is 11.4. The number of carbonyl (C=O) groups excluding carboxylic acids is 1. The number of rotatable bonds is 2. The molecular formula is C12H17NO3. The lowest BCUT2D eigenvalue weighted by Gasteiger charge is -2.28. The number of benzene rings is 1. The Morgan fingerprint density at radius 2 is 1.88 bits per heavy atom. The van der Waals surface area contributed by atoms with Gasteiger partial charge in [0, 0.05) is 0 Å². The van der Waals surface area contributed by atoms with Crippen LogP contribution in [-0.4, -0.2) is 21.9 Å². The summed E-state index contributed by atoms with van der Waals surface area (Å²) >= 11 is 0. The van der Waals surface area contributed by atoms with E-state index in [1.54, 1.807) is 20.8 Å². The Morgan fingerprint density at radius 3 is 2.38 bits per heavy atom. The lowest BCUT2D eigenvalue weighted by Crippen LogP contribution is -2.43. The van der Waals surface area contributed by atoms with Crippen LogP contribution in [0, 0.1) is 0 Å². The predicted octanol–water partition coefficient (Wildman–Crippen LogP) is 2.81. The Bertz CT molecular complexity index is 343. The van der Waals surface area contributed by atoms with Crippen molar-refractivity contribution in [2.24, 2.45) is 0 Å². The molecule has 0 bridgehead atoms. The number of nitrogens with zero attached hydrogens (tertiary/aromatic N) is 1. The van der Waals surface area contributed by atoms with Gasteiger partial charge in [0.15, 0.2) is 0 Å². The first-order valence-corrected chi connectivity index (χ1v) is 5.11. The molecule has 0 aliphatic carbocycles. The fourth-order valence-electron chi connectivity index (χ4n) is 1.05. The molecule has 1 N–H and O–H groups in total. The second kappa shape index (κ2) is 4.99. The zero-order valence-corrected chi connectivity index (χ0v) is 9.80. The third-order valence-electron chi connectivity index (χ3n) is 2.01. The topological polar surface area (TPSA) is 49.8 Å². The van der Waals surface area contributed by atoms with Crippen molar-refractivity contribution >= 4 is 6.09 Å². The molecule has 0 fully saturated rings. The molecule has 0 radical (unpaired) electrons. The highest BCUT2D eigenvalue weighted by Crippen LogP contribution is 2.12. The van der Waals surface area contributed by atoms with Gasteiger partial charge in [0.25, 0.3) is 0 Å². The van der Waals surface area contributed by atoms with E-state index in [1.165, 1.54) is 0 Å². The summed E-state index contributed by atoms with van der Waals surface area (Å²) in [5.74, 6) is 0. The van der Waals surface area contributed by atoms with Crippen LogP contribution in [0.2, 0.25) is 0 Å². The number of carbonyl (C=O) groups is 1. The van der Waals surface area contributed by atoms with E-state index in [0.717, 1.165) is 5.56 Å². The summed E-state index contributed by atoms with van der Waals surface area (Å²) in [6.45, 7) is 5.32. The molecule has 16 heavy (non-hydrogen) atoms. The van der Waals surface area contributed by atoms with Gasteiger partial charge in [-0.05, 0) is 26.3 Å². The minimum absolute atomic E-state index is 0.160. The number of hydrogen-bond acceptors (Lipinski definition) is 3. The molecular weight excluding hydrogens is 206 g/mol. The predicted molar refractivity (Wildman–Crippen MR) is 60.0 cm³/mol. The van der Waals surface area contributed by atoms with Crippen LogP contribution >= 0.6 is 0 Å². The van der Waals surface area contributed by atoms with Crippen molar-refractivity contribution < 1.29 is 14.7 Å². The quantitative estimate of drug-likeness (QED) is 0.619. The lowest BCUT2D eigenvalue weighted by molar-refractivity contribution is -0.131. The van der Waals surface area contributed by atoms with Crippen LogP contribution in [0.3, 0.4) is 0 Å². The van der Waals surface area contributed by atoms with Gasteiger partial charge in [-0.15, -0.1) is 0 Å². The monoisotopic (exact) mass is 223 g/mol. The Kier molecular flexibility index (Phi) is 3.90. The molecule has 88 valence electrons. The molecule has 0 aliphatic heterocycles. The van der Waals surface area contributed by atoms with Crippen LogP contribution in [-0.2, 0) is 11.3 Å². The van der Waals surface area contributed by atoms with Crippen molar-refractivity contribution in [3.8, 4) is 0 Å². The Hall–Kier alpha value is -1.55. The standard InChI is InChI=1S/C12H17NO3/c1-12(2,3)13(15)11(14)16-9-10-7-5-4-6-8-10/h4-8,15H,9H2,1-3H3. The van der Waals surface area contributed by atoms with Gasteiger partial charge in [-0.1, -0.05) is 30.3 Å². The van der Waals surface area contributed by atoms with E-state index >= 15 is 0 Å². The smallest absolute Gasteiger partial charge is 0.434 e. The van der Waals surface area contributed by atoms with Crippen molar-refractivity contribution in [1.82, 2.24) is 5.06 Å². The third kappa shape index (κ3) is 3.55. The molecule has 4 nitrogen and oxygen atoms in total. The SMILES string of the molecule is CC(C)(C)N(O)C(=O)OCc1ccccc1. The molecule has 4 heteroatoms. The van der Waals surface area contributed by atoms with Gasteiger partial charge in [-0.2, -0.15) is 5.06 Å². The summed E-state index contributed by atoms with van der Waals surface area (Å²) < 4.78 is 4.95. The first-order valence-electron chi connectivity index (χ1n) is 5.11. The summed E-state index contributed by atoms with van der Waals surface area (Å²) in [5, 5.41) is 10.1. The first-order chi connectivity index (χ1) is 7.41. The van der Waals surface area contributed by atoms with Crippen LogP contribution in [0.4, 0.5) is 4.79 Å². The minimum atomic E-state index is -0.739. The Morgan fingerprint density at radius 1 is 1.31 bits per heavy atom. The molecule has 0 aliphatic rings. The molecule has 0 saturated heterocycles. The molecule has 0 heterocycles. The molecule has 0 spiro atoms. The number of hydroxylamine groups is 2. The van der Waals surface area contributed by atoms with E-state index in [4.69, 9.17) is 4.74 Å².